The van der Waals surface area contributed by atoms with Gasteiger partial charge < -0.3 is 30.9 Å². The molecule has 0 radical (unpaired) electrons. The van der Waals surface area contributed by atoms with E-state index < -0.39 is 6.29 Å². The molecule has 0 aliphatic carbocycles. The summed E-state index contributed by atoms with van der Waals surface area (Å²) >= 11 is 0. The monoisotopic (exact) mass is 678 g/mol. The molecule has 1 fully saturated rings. The molecule has 5 N–H and O–H groups in total. The maximum absolute atomic E-state index is 12.8. The number of para-hydroxylation sites is 2. The van der Waals surface area contributed by atoms with Crippen molar-refractivity contribution in [1.29, 1.82) is 0 Å². The quantitative estimate of drug-likeness (QED) is 0.0701. The van der Waals surface area contributed by atoms with Crippen molar-refractivity contribution < 1.29 is 24.2 Å². The van der Waals surface area contributed by atoms with Gasteiger partial charge in [-0.25, -0.2) is 0 Å². The lowest BCUT2D eigenvalue weighted by Crippen LogP contribution is -2.38. The average Bonchev–Trinajstić information content (AvgIpc) is 3.14. The van der Waals surface area contributed by atoms with E-state index in [9.17, 15) is 14.7 Å². The number of aliphatic hydroxyl groups excluding tert-OH is 1. The number of likely N-dealkylation sites (N-methyl/N-ethyl adjacent to an activating group) is 1. The number of rotatable bonds is 16. The second-order valence-corrected chi connectivity index (χ2v) is 13.1. The van der Waals surface area contributed by atoms with Gasteiger partial charge in [-0.1, -0.05) is 91.7 Å². The molecule has 1 saturated heterocycles. The number of hydrogen-bond acceptors (Lipinski definition) is 7. The number of nitrogens with one attached hydrogen (secondary N) is 2. The van der Waals surface area contributed by atoms with E-state index in [2.05, 4.69) is 53.8 Å². The summed E-state index contributed by atoms with van der Waals surface area (Å²) in [6.45, 7) is 2.90. The first kappa shape index (κ1) is 36.7. The molecule has 9 heteroatoms. The minimum Gasteiger partial charge on any atom is -0.397 e. The van der Waals surface area contributed by atoms with Crippen LogP contribution in [0, 0.1) is 0 Å². The molecule has 50 heavy (non-hydrogen) atoms. The van der Waals surface area contributed by atoms with Crippen LogP contribution >= 0.6 is 0 Å². The number of aliphatic hydroxyl groups is 1. The van der Waals surface area contributed by atoms with Crippen molar-refractivity contribution in [3.8, 4) is 0 Å². The van der Waals surface area contributed by atoms with E-state index in [1.807, 2.05) is 66.7 Å². The van der Waals surface area contributed by atoms with Crippen molar-refractivity contribution >= 4 is 28.9 Å². The summed E-state index contributed by atoms with van der Waals surface area (Å²) in [4.78, 5) is 27.4. The van der Waals surface area contributed by atoms with Gasteiger partial charge in [0.25, 0.3) is 0 Å². The van der Waals surface area contributed by atoms with E-state index in [-0.39, 0.29) is 36.7 Å². The SMILES string of the molecule is CC(c1ccccc1)N(C)CC1CC(c2ccc(CO)cc2)OC(c2cccc(NC(=O)CCCCCCC(=O)Nc3ccccc3N)c2)O1. The fourth-order valence-electron chi connectivity index (χ4n) is 6.23. The van der Waals surface area contributed by atoms with Crippen LogP contribution in [0.15, 0.2) is 103 Å². The Morgan fingerprint density at radius 1 is 0.820 bits per heavy atom. The highest BCUT2D eigenvalue weighted by Gasteiger charge is 2.33. The molecule has 1 aliphatic rings. The number of carbonyl (C=O) groups is 2. The third-order valence-corrected chi connectivity index (χ3v) is 9.28. The zero-order chi connectivity index (χ0) is 35.3. The predicted octanol–water partition coefficient (Wildman–Crippen LogP) is 7.92. The van der Waals surface area contributed by atoms with E-state index in [4.69, 9.17) is 15.2 Å². The Bertz CT molecular complexity index is 1670. The number of amides is 2. The summed E-state index contributed by atoms with van der Waals surface area (Å²) in [7, 11) is 2.12. The highest BCUT2D eigenvalue weighted by atomic mass is 16.7. The number of unbranched alkanes of at least 4 members (excludes halogenated alkanes) is 3. The van der Waals surface area contributed by atoms with Crippen LogP contribution < -0.4 is 16.4 Å². The molecule has 0 aromatic heterocycles. The van der Waals surface area contributed by atoms with E-state index in [1.165, 1.54) is 5.56 Å². The highest BCUT2D eigenvalue weighted by molar-refractivity contribution is 5.93. The summed E-state index contributed by atoms with van der Waals surface area (Å²) in [5.41, 5.74) is 11.7. The Morgan fingerprint density at radius 3 is 2.20 bits per heavy atom. The van der Waals surface area contributed by atoms with Crippen molar-refractivity contribution in [3.63, 3.8) is 0 Å². The van der Waals surface area contributed by atoms with Gasteiger partial charge >= 0.3 is 0 Å². The molecule has 264 valence electrons. The van der Waals surface area contributed by atoms with Crippen LogP contribution in [0.25, 0.3) is 0 Å². The van der Waals surface area contributed by atoms with Gasteiger partial charge in [0.2, 0.25) is 11.8 Å². The number of benzene rings is 4. The maximum atomic E-state index is 12.8. The Balaban J connectivity index is 1.14. The van der Waals surface area contributed by atoms with E-state index in [0.29, 0.717) is 42.9 Å². The smallest absolute Gasteiger partial charge is 0.224 e. The third-order valence-electron chi connectivity index (χ3n) is 9.28. The lowest BCUT2D eigenvalue weighted by Gasteiger charge is -2.39. The van der Waals surface area contributed by atoms with Gasteiger partial charge in [0.05, 0.1) is 30.2 Å². The number of nitrogens with two attached hydrogens (primary N) is 1. The average molecular weight is 679 g/mol. The van der Waals surface area contributed by atoms with Gasteiger partial charge in [-0.15, -0.1) is 0 Å². The number of nitrogens with zero attached hydrogens (tertiary/aromatic N) is 1. The second kappa shape index (κ2) is 18.5. The second-order valence-electron chi connectivity index (χ2n) is 13.1. The summed E-state index contributed by atoms with van der Waals surface area (Å²) < 4.78 is 13.1. The van der Waals surface area contributed by atoms with Crippen molar-refractivity contribution in [2.75, 3.05) is 30.0 Å². The zero-order valence-electron chi connectivity index (χ0n) is 29.1. The molecule has 0 bridgehead atoms. The lowest BCUT2D eigenvalue weighted by molar-refractivity contribution is -0.253. The molecule has 4 aromatic carbocycles. The summed E-state index contributed by atoms with van der Waals surface area (Å²) in [5.74, 6) is -0.112. The van der Waals surface area contributed by atoms with Crippen LogP contribution in [0.2, 0.25) is 0 Å². The third kappa shape index (κ3) is 10.7. The van der Waals surface area contributed by atoms with Gasteiger partial charge in [0.15, 0.2) is 6.29 Å². The molecule has 1 aliphatic heterocycles. The summed E-state index contributed by atoms with van der Waals surface area (Å²) in [6.07, 6.45) is 3.77. The number of anilines is 3. The topological polar surface area (TPSA) is 126 Å². The van der Waals surface area contributed by atoms with Crippen LogP contribution in [0.3, 0.4) is 0 Å². The van der Waals surface area contributed by atoms with Crippen LogP contribution in [0.4, 0.5) is 17.1 Å². The van der Waals surface area contributed by atoms with E-state index in [1.54, 1.807) is 12.1 Å². The van der Waals surface area contributed by atoms with Crippen LogP contribution in [0.1, 0.15) is 92.6 Å². The fraction of sp³-hybridized carbons (Fsp3) is 0.366. The Morgan fingerprint density at radius 2 is 1.50 bits per heavy atom. The molecule has 9 nitrogen and oxygen atoms in total. The van der Waals surface area contributed by atoms with Crippen molar-refractivity contribution in [3.05, 3.63) is 125 Å². The molecule has 4 atom stereocenters. The maximum Gasteiger partial charge on any atom is 0.224 e. The van der Waals surface area contributed by atoms with Gasteiger partial charge in [-0.05, 0) is 67.8 Å². The van der Waals surface area contributed by atoms with Gasteiger partial charge in [-0.3, -0.25) is 14.5 Å². The van der Waals surface area contributed by atoms with Crippen molar-refractivity contribution in [2.45, 2.75) is 83.0 Å². The lowest BCUT2D eigenvalue weighted by atomic mass is 9.99. The van der Waals surface area contributed by atoms with Crippen LogP contribution in [0.5, 0.6) is 0 Å². The van der Waals surface area contributed by atoms with Crippen molar-refractivity contribution in [2.24, 2.45) is 0 Å². The van der Waals surface area contributed by atoms with E-state index >= 15 is 0 Å². The predicted molar refractivity (Wildman–Crippen MR) is 198 cm³/mol. The fourth-order valence-corrected chi connectivity index (χ4v) is 6.23. The highest BCUT2D eigenvalue weighted by Crippen LogP contribution is 2.39. The number of carbonyl (C=O) groups excluding carboxylic acids is 2. The first-order valence-electron chi connectivity index (χ1n) is 17.6. The molecular formula is C41H50N4O5. The summed E-state index contributed by atoms with van der Waals surface area (Å²) in [5, 5.41) is 15.4. The molecular weight excluding hydrogens is 628 g/mol. The van der Waals surface area contributed by atoms with Crippen LogP contribution in [-0.2, 0) is 25.7 Å². The van der Waals surface area contributed by atoms with Gasteiger partial charge in [0.1, 0.15) is 0 Å². The van der Waals surface area contributed by atoms with Gasteiger partial charge in [0, 0.05) is 43.1 Å². The number of hydrogen-bond donors (Lipinski definition) is 4. The molecule has 2 amide bonds. The normalized spacial score (nSPS) is 18.0. The molecule has 0 saturated carbocycles. The first-order valence-corrected chi connectivity index (χ1v) is 17.6. The van der Waals surface area contributed by atoms with Crippen LogP contribution in [-0.4, -0.2) is 41.5 Å². The molecule has 4 unspecified atom stereocenters. The zero-order valence-corrected chi connectivity index (χ0v) is 29.1. The molecule has 0 spiro atoms. The Hall–Kier alpha value is -4.54. The Kier molecular flexibility index (Phi) is 13.6. The molecule has 5 rings (SSSR count). The Labute approximate surface area is 295 Å². The number of nitrogen functional groups attached to an aromatic ring is 1. The summed E-state index contributed by atoms with van der Waals surface area (Å²) in [6, 6.07) is 33.4. The van der Waals surface area contributed by atoms with E-state index in [0.717, 1.165) is 42.4 Å². The number of ether oxygens (including phenoxy) is 2. The molecule has 1 heterocycles. The largest absolute Gasteiger partial charge is 0.397 e. The van der Waals surface area contributed by atoms with Gasteiger partial charge in [-0.2, -0.15) is 0 Å². The minimum absolute atomic E-state index is 0.00891. The standard InChI is InChI=1S/C41H50N4O5/c1-29(31-13-6-5-7-14-31)45(2)27-35-26-38(32-23-21-30(28-46)22-24-32)50-41(49-35)33-15-12-16-34(25-33)43-39(47)19-8-3-4-9-20-40(48)44-37-18-11-10-17-36(37)42/h5-7,10-18,21-25,29,35,38,41,46H,3-4,8-9,19-20,26-28,42H2,1-2H3,(H,43,47)(H,44,48). The van der Waals surface area contributed by atoms with Crippen molar-refractivity contribution in [1.82, 2.24) is 4.90 Å². The minimum atomic E-state index is -0.621. The molecule has 4 aromatic rings. The first-order chi connectivity index (χ1) is 24.3.